The van der Waals surface area contributed by atoms with E-state index in [4.69, 9.17) is 19.9 Å². The van der Waals surface area contributed by atoms with Gasteiger partial charge in [-0.2, -0.15) is 0 Å². The Morgan fingerprint density at radius 2 is 1.79 bits per heavy atom. The van der Waals surface area contributed by atoms with Crippen molar-refractivity contribution in [3.05, 3.63) is 59.5 Å². The van der Waals surface area contributed by atoms with E-state index in [0.29, 0.717) is 30.8 Å². The predicted molar refractivity (Wildman–Crippen MR) is 109 cm³/mol. The number of benzene rings is 1. The van der Waals surface area contributed by atoms with E-state index in [2.05, 4.69) is 12.1 Å². The van der Waals surface area contributed by atoms with Crippen LogP contribution >= 0.6 is 7.60 Å². The second-order valence-corrected chi connectivity index (χ2v) is 9.45. The van der Waals surface area contributed by atoms with Crippen LogP contribution in [0.3, 0.4) is 0 Å². The Kier molecular flexibility index (Phi) is 8.20. The molecule has 2 rings (SSSR count). The molecule has 0 aliphatic carbocycles. The highest BCUT2D eigenvalue weighted by atomic mass is 31.2. The zero-order chi connectivity index (χ0) is 20.6. The molecule has 0 fully saturated rings. The molecule has 0 bridgehead atoms. The Hall–Kier alpha value is -1.72. The van der Waals surface area contributed by atoms with Crippen molar-refractivity contribution in [3.63, 3.8) is 0 Å². The van der Waals surface area contributed by atoms with Crippen molar-refractivity contribution in [1.82, 2.24) is 0 Å². The van der Waals surface area contributed by atoms with Gasteiger partial charge in [0.15, 0.2) is 11.5 Å². The fraction of sp³-hybridized carbons (Fsp3) is 0.476. The molecule has 0 radical (unpaired) electrons. The highest BCUT2D eigenvalue weighted by Crippen LogP contribution is 2.37. The summed E-state index contributed by atoms with van der Waals surface area (Å²) in [5, 5.41) is 0. The molecule has 0 saturated carbocycles. The maximum atomic E-state index is 12.3. The maximum Gasteiger partial charge on any atom is 0.325 e. The van der Waals surface area contributed by atoms with Crippen LogP contribution in [-0.2, 0) is 17.4 Å². The van der Waals surface area contributed by atoms with Gasteiger partial charge < -0.3 is 19.9 Å². The van der Waals surface area contributed by atoms with Crippen LogP contribution < -0.4 is 5.73 Å². The molecule has 1 heterocycles. The lowest BCUT2D eigenvalue weighted by Crippen LogP contribution is -2.37. The molecule has 0 aliphatic rings. The molecule has 0 spiro atoms. The van der Waals surface area contributed by atoms with Crippen LogP contribution in [0.2, 0.25) is 0 Å². The number of Topliss-reactive ketones (excluding diaryl/α,β-unsaturated/α-hetero) is 1. The first-order chi connectivity index (χ1) is 13.1. The Morgan fingerprint density at radius 1 is 1.07 bits per heavy atom. The summed E-state index contributed by atoms with van der Waals surface area (Å²) in [7, 11) is -4.05. The lowest BCUT2D eigenvalue weighted by molar-refractivity contribution is 0.0950. The van der Waals surface area contributed by atoms with E-state index in [1.165, 1.54) is 5.56 Å². The molecule has 6 nitrogen and oxygen atoms in total. The maximum absolute atomic E-state index is 12.3. The van der Waals surface area contributed by atoms with E-state index in [1.54, 1.807) is 19.1 Å². The third kappa shape index (κ3) is 8.53. The second-order valence-electron chi connectivity index (χ2n) is 7.67. The highest BCUT2D eigenvalue weighted by Gasteiger charge is 2.24. The van der Waals surface area contributed by atoms with E-state index in [9.17, 15) is 9.36 Å². The van der Waals surface area contributed by atoms with Crippen molar-refractivity contribution in [2.75, 3.05) is 6.16 Å². The molecule has 2 aromatic rings. The van der Waals surface area contributed by atoms with Gasteiger partial charge >= 0.3 is 7.60 Å². The van der Waals surface area contributed by atoms with Gasteiger partial charge in [-0.25, -0.2) is 0 Å². The van der Waals surface area contributed by atoms with Gasteiger partial charge in [-0.3, -0.25) is 9.36 Å². The predicted octanol–water partition coefficient (Wildman–Crippen LogP) is 4.09. The Labute approximate surface area is 166 Å². The average Bonchev–Trinajstić information content (AvgIpc) is 3.12. The average molecular weight is 407 g/mol. The number of rotatable bonds is 12. The van der Waals surface area contributed by atoms with E-state index < -0.39 is 13.1 Å². The molecule has 1 aromatic heterocycles. The largest absolute Gasteiger partial charge is 0.458 e. The van der Waals surface area contributed by atoms with E-state index in [-0.39, 0.29) is 18.4 Å². The van der Waals surface area contributed by atoms with Gasteiger partial charge in [-0.15, -0.1) is 0 Å². The van der Waals surface area contributed by atoms with Crippen molar-refractivity contribution in [1.29, 1.82) is 0 Å². The standard InChI is InChI=1S/C21H30NO5P/c1-21(22,15-16-28(24,25)26)14-13-18-11-12-20(27-18)19(23)10-6-5-9-17-7-3-2-4-8-17/h2-4,7-8,11-12H,5-6,9-10,13-16,22H2,1H3,(H2,24,25,26). The minimum Gasteiger partial charge on any atom is -0.458 e. The van der Waals surface area contributed by atoms with Gasteiger partial charge in [-0.05, 0) is 56.7 Å². The monoisotopic (exact) mass is 407 g/mol. The highest BCUT2D eigenvalue weighted by molar-refractivity contribution is 7.51. The second kappa shape index (κ2) is 10.2. The van der Waals surface area contributed by atoms with Gasteiger partial charge in [0.1, 0.15) is 5.76 Å². The number of unbranched alkanes of at least 4 members (excludes halogenated alkanes) is 1. The molecule has 0 saturated heterocycles. The van der Waals surface area contributed by atoms with Crippen LogP contribution in [0, 0.1) is 0 Å². The van der Waals surface area contributed by atoms with Gasteiger partial charge in [0.05, 0.1) is 6.16 Å². The molecular weight excluding hydrogens is 377 g/mol. The summed E-state index contributed by atoms with van der Waals surface area (Å²) in [6, 6.07) is 13.7. The number of nitrogens with two attached hydrogens (primary N) is 1. The summed E-state index contributed by atoms with van der Waals surface area (Å²) in [5.74, 6) is 1.03. The number of carbonyl (C=O) groups excluding carboxylic acids is 1. The summed E-state index contributed by atoms with van der Waals surface area (Å²) in [4.78, 5) is 30.2. The third-order valence-corrected chi connectivity index (χ3v) is 5.62. The summed E-state index contributed by atoms with van der Waals surface area (Å²) in [5.41, 5.74) is 6.69. The molecule has 0 aliphatic heterocycles. The fourth-order valence-corrected chi connectivity index (χ4v) is 3.78. The molecule has 1 unspecified atom stereocenters. The van der Waals surface area contributed by atoms with Crippen LogP contribution in [0.1, 0.15) is 60.9 Å². The molecule has 4 N–H and O–H groups in total. The van der Waals surface area contributed by atoms with Crippen molar-refractivity contribution in [2.45, 2.75) is 57.4 Å². The molecular formula is C21H30NO5P. The van der Waals surface area contributed by atoms with Crippen molar-refractivity contribution in [2.24, 2.45) is 5.73 Å². The first-order valence-corrected chi connectivity index (χ1v) is 11.4. The first kappa shape index (κ1) is 22.6. The fourth-order valence-electron chi connectivity index (χ4n) is 2.98. The molecule has 28 heavy (non-hydrogen) atoms. The number of ketones is 1. The van der Waals surface area contributed by atoms with Crippen LogP contribution in [0.4, 0.5) is 0 Å². The zero-order valence-electron chi connectivity index (χ0n) is 16.3. The van der Waals surface area contributed by atoms with Gasteiger partial charge in [0.25, 0.3) is 0 Å². The van der Waals surface area contributed by atoms with E-state index in [1.807, 2.05) is 18.2 Å². The van der Waals surface area contributed by atoms with Crippen LogP contribution in [0.25, 0.3) is 0 Å². The summed E-state index contributed by atoms with van der Waals surface area (Å²) < 4.78 is 16.6. The minimum atomic E-state index is -4.05. The number of furan rings is 1. The lowest BCUT2D eigenvalue weighted by atomic mass is 9.93. The topological polar surface area (TPSA) is 114 Å². The smallest absolute Gasteiger partial charge is 0.325 e. The summed E-state index contributed by atoms with van der Waals surface area (Å²) in [6.07, 6.45) is 4.22. The first-order valence-electron chi connectivity index (χ1n) is 9.64. The Morgan fingerprint density at radius 3 is 2.46 bits per heavy atom. The van der Waals surface area contributed by atoms with Gasteiger partial charge in [0, 0.05) is 18.4 Å². The van der Waals surface area contributed by atoms with Gasteiger partial charge in [0.2, 0.25) is 0 Å². The Balaban J connectivity index is 1.73. The van der Waals surface area contributed by atoms with Crippen molar-refractivity contribution < 1.29 is 23.6 Å². The number of carbonyl (C=O) groups is 1. The molecule has 7 heteroatoms. The normalized spacial score (nSPS) is 14.0. The Bertz CT molecular complexity index is 794. The minimum absolute atomic E-state index is 0.00341. The van der Waals surface area contributed by atoms with Crippen LogP contribution in [0.15, 0.2) is 46.9 Å². The van der Waals surface area contributed by atoms with Crippen molar-refractivity contribution in [3.8, 4) is 0 Å². The quantitative estimate of drug-likeness (QED) is 0.277. The van der Waals surface area contributed by atoms with E-state index >= 15 is 0 Å². The molecule has 1 aromatic carbocycles. The summed E-state index contributed by atoms with van der Waals surface area (Å²) in [6.45, 7) is 1.77. The van der Waals surface area contributed by atoms with Crippen molar-refractivity contribution >= 4 is 13.4 Å². The van der Waals surface area contributed by atoms with Crippen LogP contribution in [-0.4, -0.2) is 27.3 Å². The SMILES string of the molecule is CC(N)(CCc1ccc(C(=O)CCCCc2ccccc2)o1)CCP(=O)(O)O. The number of hydrogen-bond acceptors (Lipinski definition) is 4. The lowest BCUT2D eigenvalue weighted by Gasteiger charge is -2.24. The molecule has 154 valence electrons. The molecule has 0 amide bonds. The van der Waals surface area contributed by atoms with Crippen LogP contribution in [0.5, 0.6) is 0 Å². The van der Waals surface area contributed by atoms with Gasteiger partial charge in [-0.1, -0.05) is 30.3 Å². The third-order valence-electron chi connectivity index (χ3n) is 4.82. The van der Waals surface area contributed by atoms with E-state index in [0.717, 1.165) is 19.3 Å². The summed E-state index contributed by atoms with van der Waals surface area (Å²) >= 11 is 0. The number of hydrogen-bond donors (Lipinski definition) is 3. The molecule has 1 atom stereocenters. The number of aryl methyl sites for hydroxylation is 2. The zero-order valence-corrected chi connectivity index (χ0v) is 17.2.